The molecule has 0 aliphatic heterocycles. The van der Waals surface area contributed by atoms with Crippen LogP contribution in [0, 0.1) is 6.92 Å². The lowest BCUT2D eigenvalue weighted by atomic mass is 9.97. The Morgan fingerprint density at radius 2 is 1.85 bits per heavy atom. The molecule has 0 saturated heterocycles. The first-order valence-electron chi connectivity index (χ1n) is 8.73. The van der Waals surface area contributed by atoms with E-state index >= 15 is 0 Å². The Balaban J connectivity index is 2.07. The fourth-order valence-corrected chi connectivity index (χ4v) is 2.59. The van der Waals surface area contributed by atoms with Crippen molar-refractivity contribution >= 4 is 17.6 Å². The molecule has 0 bridgehead atoms. The Bertz CT molecular complexity index is 800. The van der Waals surface area contributed by atoms with Gasteiger partial charge in [0.1, 0.15) is 11.3 Å². The smallest absolute Gasteiger partial charge is 0.342 e. The molecule has 0 aliphatic carbocycles. The van der Waals surface area contributed by atoms with Gasteiger partial charge in [0.15, 0.2) is 6.10 Å². The highest BCUT2D eigenvalue weighted by Gasteiger charge is 2.22. The van der Waals surface area contributed by atoms with Crippen molar-refractivity contribution in [3.8, 4) is 5.75 Å². The summed E-state index contributed by atoms with van der Waals surface area (Å²) in [4.78, 5) is 24.6. The third kappa shape index (κ3) is 4.63. The number of carbonyl (C=O) groups excluding carboxylic acids is 2. The predicted octanol–water partition coefficient (Wildman–Crippen LogP) is 4.40. The summed E-state index contributed by atoms with van der Waals surface area (Å²) in [5, 5.41) is 12.7. The van der Waals surface area contributed by atoms with Gasteiger partial charge in [0.05, 0.1) is 0 Å². The number of aromatic hydroxyl groups is 1. The van der Waals surface area contributed by atoms with Crippen LogP contribution in [0.15, 0.2) is 42.5 Å². The summed E-state index contributed by atoms with van der Waals surface area (Å²) in [5.74, 6) is -1.01. The van der Waals surface area contributed by atoms with Crippen molar-refractivity contribution in [2.75, 3.05) is 5.32 Å². The van der Waals surface area contributed by atoms with Gasteiger partial charge >= 0.3 is 5.97 Å². The number of ether oxygens (including phenoxy) is 1. The highest BCUT2D eigenvalue weighted by atomic mass is 16.5. The summed E-state index contributed by atoms with van der Waals surface area (Å²) < 4.78 is 5.21. The minimum absolute atomic E-state index is 0.0373. The number of hydrogen-bond donors (Lipinski definition) is 2. The molecular weight excluding hydrogens is 330 g/mol. The maximum Gasteiger partial charge on any atom is 0.342 e. The highest BCUT2D eigenvalue weighted by Crippen LogP contribution is 2.27. The van der Waals surface area contributed by atoms with Gasteiger partial charge in [0.25, 0.3) is 5.91 Å². The Morgan fingerprint density at radius 3 is 2.50 bits per heavy atom. The van der Waals surface area contributed by atoms with Gasteiger partial charge in [-0.3, -0.25) is 4.79 Å². The third-order valence-corrected chi connectivity index (χ3v) is 4.39. The van der Waals surface area contributed by atoms with Gasteiger partial charge in [-0.25, -0.2) is 4.79 Å². The van der Waals surface area contributed by atoms with Crippen LogP contribution >= 0.6 is 0 Å². The van der Waals surface area contributed by atoms with Crippen molar-refractivity contribution in [1.82, 2.24) is 0 Å². The third-order valence-electron chi connectivity index (χ3n) is 4.39. The van der Waals surface area contributed by atoms with Gasteiger partial charge in [-0.15, -0.1) is 0 Å². The zero-order chi connectivity index (χ0) is 19.3. The number of aryl methyl sites for hydroxylation is 1. The number of esters is 1. The number of hydrogen-bond acceptors (Lipinski definition) is 4. The second-order valence-electron chi connectivity index (χ2n) is 6.45. The number of benzene rings is 2. The van der Waals surface area contributed by atoms with Crippen LogP contribution in [0.4, 0.5) is 5.69 Å². The van der Waals surface area contributed by atoms with Crippen LogP contribution in [-0.2, 0) is 9.53 Å². The molecule has 0 aliphatic rings. The largest absolute Gasteiger partial charge is 0.507 e. The molecule has 0 fully saturated rings. The van der Waals surface area contributed by atoms with Crippen molar-refractivity contribution in [3.63, 3.8) is 0 Å². The number of phenolic OH excluding ortho intramolecular Hbond substituents is 1. The van der Waals surface area contributed by atoms with Gasteiger partial charge in [0, 0.05) is 5.69 Å². The summed E-state index contributed by atoms with van der Waals surface area (Å²) in [6, 6.07) is 12.2. The van der Waals surface area contributed by atoms with Crippen LogP contribution in [0.3, 0.4) is 0 Å². The van der Waals surface area contributed by atoms with Crippen LogP contribution < -0.4 is 5.32 Å². The number of nitrogens with one attached hydrogen (secondary N) is 1. The van der Waals surface area contributed by atoms with E-state index in [0.717, 1.165) is 17.5 Å². The zero-order valence-electron chi connectivity index (χ0n) is 15.6. The normalized spacial score (nSPS) is 12.9. The number of para-hydroxylation sites is 1. The molecule has 5 heteroatoms. The molecule has 2 rings (SSSR count). The van der Waals surface area contributed by atoms with E-state index < -0.39 is 18.0 Å². The van der Waals surface area contributed by atoms with E-state index in [4.69, 9.17) is 4.74 Å². The molecule has 2 aromatic rings. The summed E-state index contributed by atoms with van der Waals surface area (Å²) in [5.41, 5.74) is 2.62. The molecule has 2 atom stereocenters. The van der Waals surface area contributed by atoms with E-state index in [2.05, 4.69) is 19.2 Å². The van der Waals surface area contributed by atoms with E-state index in [1.807, 2.05) is 24.3 Å². The maximum atomic E-state index is 12.4. The molecule has 0 spiro atoms. The lowest BCUT2D eigenvalue weighted by Crippen LogP contribution is -2.30. The van der Waals surface area contributed by atoms with Crippen molar-refractivity contribution in [1.29, 1.82) is 0 Å². The standard InChI is InChI=1S/C21H25NO4/c1-5-14(3)16-8-6-7-9-18(16)22-20(24)15(4)26-21(25)17-11-10-13(2)12-19(17)23/h6-12,14-15,23H,5H2,1-4H3,(H,22,24)/t14-,15-/m1/s1. The summed E-state index contributed by atoms with van der Waals surface area (Å²) in [6.07, 6.45) is -0.0439. The summed E-state index contributed by atoms with van der Waals surface area (Å²) >= 11 is 0. The summed E-state index contributed by atoms with van der Waals surface area (Å²) in [6.45, 7) is 7.49. The van der Waals surface area contributed by atoms with Crippen molar-refractivity contribution in [2.24, 2.45) is 0 Å². The molecule has 0 saturated carbocycles. The number of phenols is 1. The molecule has 2 aromatic carbocycles. The average molecular weight is 355 g/mol. The molecule has 26 heavy (non-hydrogen) atoms. The van der Waals surface area contributed by atoms with E-state index in [0.29, 0.717) is 11.6 Å². The van der Waals surface area contributed by atoms with Crippen molar-refractivity contribution in [2.45, 2.75) is 46.1 Å². The number of carbonyl (C=O) groups is 2. The molecule has 0 aromatic heterocycles. The quantitative estimate of drug-likeness (QED) is 0.753. The minimum Gasteiger partial charge on any atom is -0.507 e. The average Bonchev–Trinajstić information content (AvgIpc) is 2.61. The number of rotatable bonds is 6. The monoisotopic (exact) mass is 355 g/mol. The zero-order valence-corrected chi connectivity index (χ0v) is 15.6. The molecule has 2 N–H and O–H groups in total. The second kappa shape index (κ2) is 8.52. The van der Waals surface area contributed by atoms with E-state index in [1.54, 1.807) is 13.0 Å². The van der Waals surface area contributed by atoms with E-state index in [9.17, 15) is 14.7 Å². The molecular formula is C21H25NO4. The fourth-order valence-electron chi connectivity index (χ4n) is 2.59. The first kappa shape index (κ1) is 19.5. The topological polar surface area (TPSA) is 75.6 Å². The minimum atomic E-state index is -0.992. The Labute approximate surface area is 154 Å². The lowest BCUT2D eigenvalue weighted by molar-refractivity contribution is -0.123. The van der Waals surface area contributed by atoms with Crippen molar-refractivity contribution < 1.29 is 19.4 Å². The molecule has 5 nitrogen and oxygen atoms in total. The second-order valence-corrected chi connectivity index (χ2v) is 6.45. The SMILES string of the molecule is CC[C@@H](C)c1ccccc1NC(=O)[C@@H](C)OC(=O)c1ccc(C)cc1O. The lowest BCUT2D eigenvalue weighted by Gasteiger charge is -2.18. The van der Waals surface area contributed by atoms with Crippen LogP contribution in [0.25, 0.3) is 0 Å². The molecule has 138 valence electrons. The molecule has 0 radical (unpaired) electrons. The molecule has 0 heterocycles. The Kier molecular flexibility index (Phi) is 6.39. The highest BCUT2D eigenvalue weighted by molar-refractivity contribution is 5.98. The van der Waals surface area contributed by atoms with Gasteiger partial charge in [0.2, 0.25) is 0 Å². The van der Waals surface area contributed by atoms with Crippen LogP contribution in [0.5, 0.6) is 5.75 Å². The first-order chi connectivity index (χ1) is 12.3. The van der Waals surface area contributed by atoms with Crippen LogP contribution in [0.2, 0.25) is 0 Å². The Hall–Kier alpha value is -2.82. The molecule has 1 amide bonds. The number of anilines is 1. The summed E-state index contributed by atoms with van der Waals surface area (Å²) in [7, 11) is 0. The molecule has 0 unspecified atom stereocenters. The van der Waals surface area contributed by atoms with E-state index in [-0.39, 0.29) is 11.3 Å². The number of amides is 1. The fraction of sp³-hybridized carbons (Fsp3) is 0.333. The van der Waals surface area contributed by atoms with Gasteiger partial charge in [-0.1, -0.05) is 38.1 Å². The van der Waals surface area contributed by atoms with Gasteiger partial charge in [-0.2, -0.15) is 0 Å². The van der Waals surface area contributed by atoms with Gasteiger partial charge < -0.3 is 15.2 Å². The van der Waals surface area contributed by atoms with Crippen LogP contribution in [-0.4, -0.2) is 23.1 Å². The maximum absolute atomic E-state index is 12.4. The van der Waals surface area contributed by atoms with Crippen molar-refractivity contribution in [3.05, 3.63) is 59.2 Å². The van der Waals surface area contributed by atoms with Crippen LogP contribution in [0.1, 0.15) is 54.6 Å². The predicted molar refractivity (Wildman–Crippen MR) is 101 cm³/mol. The van der Waals surface area contributed by atoms with E-state index in [1.165, 1.54) is 19.1 Å². The Morgan fingerprint density at radius 1 is 1.15 bits per heavy atom. The first-order valence-corrected chi connectivity index (χ1v) is 8.73. The van der Waals surface area contributed by atoms with Gasteiger partial charge in [-0.05, 0) is 55.5 Å².